The van der Waals surface area contributed by atoms with E-state index in [2.05, 4.69) is 27.7 Å². The minimum atomic E-state index is -0.158. The van der Waals surface area contributed by atoms with Crippen LogP contribution < -0.4 is 0 Å². The molecule has 3 atom stereocenters. The molecule has 0 radical (unpaired) electrons. The van der Waals surface area contributed by atoms with E-state index in [-0.39, 0.29) is 5.97 Å². The summed E-state index contributed by atoms with van der Waals surface area (Å²) in [6, 6.07) is 0. The summed E-state index contributed by atoms with van der Waals surface area (Å²) in [4.78, 5) is 10.7. The normalized spacial score (nSPS) is 15.3. The Balaban J connectivity index is 3.46. The van der Waals surface area contributed by atoms with Crippen LogP contribution in [0.3, 0.4) is 0 Å². The highest BCUT2D eigenvalue weighted by Crippen LogP contribution is 2.22. The van der Waals surface area contributed by atoms with Crippen LogP contribution in [-0.4, -0.2) is 12.6 Å². The summed E-state index contributed by atoms with van der Waals surface area (Å²) in [5.41, 5.74) is 0. The van der Waals surface area contributed by atoms with Crippen LogP contribution in [0.2, 0.25) is 0 Å². The van der Waals surface area contributed by atoms with E-state index >= 15 is 0 Å². The highest BCUT2D eigenvalue weighted by molar-refractivity contribution is 5.65. The second-order valence-electron chi connectivity index (χ2n) is 7.45. The Morgan fingerprint density at radius 1 is 0.773 bits per heavy atom. The Morgan fingerprint density at radius 3 is 1.59 bits per heavy atom. The van der Waals surface area contributed by atoms with Crippen LogP contribution in [0.25, 0.3) is 0 Å². The van der Waals surface area contributed by atoms with E-state index in [1.165, 1.54) is 64.7 Å². The number of carbonyl (C=O) groups is 1. The number of rotatable bonds is 14. The molecule has 132 valence electrons. The van der Waals surface area contributed by atoms with Crippen LogP contribution in [0, 0.1) is 17.8 Å². The number of hydrogen-bond donors (Lipinski definition) is 0. The van der Waals surface area contributed by atoms with Crippen molar-refractivity contribution in [3.63, 3.8) is 0 Å². The minimum Gasteiger partial charge on any atom is -0.466 e. The summed E-state index contributed by atoms with van der Waals surface area (Å²) in [5, 5.41) is 0. The average Bonchev–Trinajstić information content (AvgIpc) is 2.43. The zero-order valence-corrected chi connectivity index (χ0v) is 15.8. The molecule has 0 aliphatic heterocycles. The van der Waals surface area contributed by atoms with Gasteiger partial charge in [-0.3, -0.25) is 4.79 Å². The molecule has 0 heterocycles. The molecule has 0 fully saturated rings. The second-order valence-corrected chi connectivity index (χ2v) is 7.45. The maximum absolute atomic E-state index is 10.7. The van der Waals surface area contributed by atoms with Crippen LogP contribution in [0.1, 0.15) is 98.8 Å². The molecule has 0 aromatic rings. The maximum atomic E-state index is 10.7. The number of carbonyl (C=O) groups excluding carboxylic acids is 1. The molecule has 2 heteroatoms. The first-order valence-electron chi connectivity index (χ1n) is 9.59. The van der Waals surface area contributed by atoms with Crippen LogP contribution in [0.5, 0.6) is 0 Å². The highest BCUT2D eigenvalue weighted by atomic mass is 16.5. The lowest BCUT2D eigenvalue weighted by Crippen LogP contribution is -2.04. The maximum Gasteiger partial charge on any atom is 0.302 e. The van der Waals surface area contributed by atoms with Crippen molar-refractivity contribution in [3.05, 3.63) is 0 Å². The summed E-state index contributed by atoms with van der Waals surface area (Å²) < 4.78 is 4.98. The molecular formula is C20H40O2. The molecule has 0 saturated carbocycles. The number of esters is 1. The van der Waals surface area contributed by atoms with Gasteiger partial charge in [0.1, 0.15) is 0 Å². The molecule has 0 aliphatic carbocycles. The van der Waals surface area contributed by atoms with Gasteiger partial charge in [0.2, 0.25) is 0 Å². The predicted octanol–water partition coefficient (Wildman–Crippen LogP) is 6.38. The van der Waals surface area contributed by atoms with Crippen molar-refractivity contribution in [2.24, 2.45) is 17.8 Å². The molecule has 0 aliphatic rings. The highest BCUT2D eigenvalue weighted by Gasteiger charge is 2.07. The first-order valence-corrected chi connectivity index (χ1v) is 9.59. The van der Waals surface area contributed by atoms with Gasteiger partial charge in [-0.1, -0.05) is 79.1 Å². The quantitative estimate of drug-likeness (QED) is 0.275. The Morgan fingerprint density at radius 2 is 1.18 bits per heavy atom. The molecule has 2 nitrogen and oxygen atoms in total. The molecule has 3 unspecified atom stereocenters. The number of ether oxygens (including phenoxy) is 1. The van der Waals surface area contributed by atoms with Gasteiger partial charge in [-0.2, -0.15) is 0 Å². The standard InChI is InChI=1S/C20H40O2/c1-6-10-17(2)11-7-12-18(3)13-8-14-19(4)15-9-16-22-20(5)21/h17-19H,6-16H2,1-5H3. The van der Waals surface area contributed by atoms with Gasteiger partial charge < -0.3 is 4.74 Å². The molecule has 0 spiro atoms. The summed E-state index contributed by atoms with van der Waals surface area (Å²) in [6.45, 7) is 11.5. The van der Waals surface area contributed by atoms with Crippen molar-refractivity contribution in [1.82, 2.24) is 0 Å². The van der Waals surface area contributed by atoms with E-state index in [4.69, 9.17) is 4.74 Å². The predicted molar refractivity (Wildman–Crippen MR) is 96.0 cm³/mol. The second kappa shape index (κ2) is 14.1. The summed E-state index contributed by atoms with van der Waals surface area (Å²) in [7, 11) is 0. The van der Waals surface area contributed by atoms with Crippen LogP contribution in [0.15, 0.2) is 0 Å². The molecule has 0 aromatic heterocycles. The smallest absolute Gasteiger partial charge is 0.302 e. The molecule has 22 heavy (non-hydrogen) atoms. The van der Waals surface area contributed by atoms with E-state index in [0.29, 0.717) is 6.61 Å². The molecule has 0 bridgehead atoms. The zero-order valence-electron chi connectivity index (χ0n) is 15.8. The topological polar surface area (TPSA) is 26.3 Å². The van der Waals surface area contributed by atoms with Crippen LogP contribution in [0.4, 0.5) is 0 Å². The van der Waals surface area contributed by atoms with Crippen molar-refractivity contribution in [3.8, 4) is 0 Å². The molecule has 0 rings (SSSR count). The minimum absolute atomic E-state index is 0.158. The van der Waals surface area contributed by atoms with Gasteiger partial charge in [-0.05, 0) is 30.6 Å². The summed E-state index contributed by atoms with van der Waals surface area (Å²) >= 11 is 0. The Kier molecular flexibility index (Phi) is 13.7. The van der Waals surface area contributed by atoms with Crippen LogP contribution in [-0.2, 0) is 9.53 Å². The first-order chi connectivity index (χ1) is 10.5. The fourth-order valence-corrected chi connectivity index (χ4v) is 3.20. The van der Waals surface area contributed by atoms with Crippen molar-refractivity contribution in [2.75, 3.05) is 6.61 Å². The monoisotopic (exact) mass is 312 g/mol. The molecular weight excluding hydrogens is 272 g/mol. The first kappa shape index (κ1) is 21.5. The van der Waals surface area contributed by atoms with Gasteiger partial charge in [0.15, 0.2) is 0 Å². The third kappa shape index (κ3) is 14.4. The van der Waals surface area contributed by atoms with Gasteiger partial charge in [-0.15, -0.1) is 0 Å². The van der Waals surface area contributed by atoms with Gasteiger partial charge in [0.05, 0.1) is 6.61 Å². The van der Waals surface area contributed by atoms with Gasteiger partial charge in [0, 0.05) is 6.92 Å². The molecule has 0 amide bonds. The van der Waals surface area contributed by atoms with E-state index in [9.17, 15) is 4.79 Å². The summed E-state index contributed by atoms with van der Waals surface area (Å²) in [6.07, 6.45) is 13.1. The van der Waals surface area contributed by atoms with E-state index in [1.807, 2.05) is 0 Å². The van der Waals surface area contributed by atoms with Gasteiger partial charge >= 0.3 is 5.97 Å². The molecule has 0 N–H and O–H groups in total. The third-order valence-electron chi connectivity index (χ3n) is 4.72. The van der Waals surface area contributed by atoms with E-state index in [1.54, 1.807) is 0 Å². The SMILES string of the molecule is CCCC(C)CCCC(C)CCCC(C)CCCOC(C)=O. The van der Waals surface area contributed by atoms with E-state index < -0.39 is 0 Å². The Bertz CT molecular complexity index is 262. The van der Waals surface area contributed by atoms with Crippen molar-refractivity contribution < 1.29 is 9.53 Å². The van der Waals surface area contributed by atoms with Gasteiger partial charge in [-0.25, -0.2) is 0 Å². The Labute approximate surface area is 139 Å². The zero-order chi connectivity index (χ0) is 16.8. The Hall–Kier alpha value is -0.530. The number of hydrogen-bond acceptors (Lipinski definition) is 2. The third-order valence-corrected chi connectivity index (χ3v) is 4.72. The van der Waals surface area contributed by atoms with Crippen LogP contribution >= 0.6 is 0 Å². The summed E-state index contributed by atoms with van der Waals surface area (Å²) in [5.74, 6) is 2.39. The largest absolute Gasteiger partial charge is 0.466 e. The lowest BCUT2D eigenvalue weighted by atomic mass is 9.91. The fraction of sp³-hybridized carbons (Fsp3) is 0.950. The molecule has 0 saturated heterocycles. The van der Waals surface area contributed by atoms with Crippen molar-refractivity contribution >= 4 is 5.97 Å². The van der Waals surface area contributed by atoms with Crippen molar-refractivity contribution in [1.29, 1.82) is 0 Å². The van der Waals surface area contributed by atoms with Gasteiger partial charge in [0.25, 0.3) is 0 Å². The van der Waals surface area contributed by atoms with E-state index in [0.717, 1.165) is 24.2 Å². The lowest BCUT2D eigenvalue weighted by Gasteiger charge is -2.15. The fourth-order valence-electron chi connectivity index (χ4n) is 3.20. The molecule has 0 aromatic carbocycles. The lowest BCUT2D eigenvalue weighted by molar-refractivity contribution is -0.141. The van der Waals surface area contributed by atoms with Crippen molar-refractivity contribution in [2.45, 2.75) is 98.8 Å². The average molecular weight is 313 g/mol.